The Hall–Kier alpha value is -2.81. The molecule has 0 saturated carbocycles. The van der Waals surface area contributed by atoms with E-state index < -0.39 is 0 Å². The predicted octanol–water partition coefficient (Wildman–Crippen LogP) is 4.93. The van der Waals surface area contributed by atoms with E-state index in [-0.39, 0.29) is 5.60 Å². The fourth-order valence-corrected chi connectivity index (χ4v) is 6.01. The van der Waals surface area contributed by atoms with Crippen LogP contribution < -0.4 is 10.2 Å². The summed E-state index contributed by atoms with van der Waals surface area (Å²) in [4.78, 5) is 17.9. The summed E-state index contributed by atoms with van der Waals surface area (Å²) in [5, 5.41) is 4.70. The maximum absolute atomic E-state index is 6.38. The monoisotopic (exact) mass is 475 g/mol. The number of anilines is 2. The number of morpholine rings is 1. The molecule has 6 rings (SSSR count). The molecule has 4 aromatic rings. The van der Waals surface area contributed by atoms with Gasteiger partial charge in [0.2, 0.25) is 0 Å². The van der Waals surface area contributed by atoms with Crippen molar-refractivity contribution >= 4 is 43.4 Å². The van der Waals surface area contributed by atoms with Crippen LogP contribution in [0.15, 0.2) is 36.7 Å². The van der Waals surface area contributed by atoms with Crippen LogP contribution in [-0.2, 0) is 29.0 Å². The molecule has 1 fully saturated rings. The van der Waals surface area contributed by atoms with E-state index in [9.17, 15) is 0 Å². The molecule has 1 aromatic carbocycles. The zero-order chi connectivity index (χ0) is 23.1. The fourth-order valence-electron chi connectivity index (χ4n) is 4.89. The van der Waals surface area contributed by atoms with Crippen molar-refractivity contribution in [1.82, 2.24) is 15.0 Å². The van der Waals surface area contributed by atoms with Crippen molar-refractivity contribution in [3.63, 3.8) is 0 Å². The molecule has 1 saturated heterocycles. The molecule has 1 N–H and O–H groups in total. The van der Waals surface area contributed by atoms with Gasteiger partial charge in [0.1, 0.15) is 22.8 Å². The second kappa shape index (κ2) is 8.76. The summed E-state index contributed by atoms with van der Waals surface area (Å²) >= 11 is 1.68. The number of pyridine rings is 1. The van der Waals surface area contributed by atoms with Gasteiger partial charge in [0.05, 0.1) is 35.6 Å². The van der Waals surface area contributed by atoms with Gasteiger partial charge in [-0.3, -0.25) is 0 Å². The number of rotatable bonds is 5. The first-order valence-corrected chi connectivity index (χ1v) is 12.8. The summed E-state index contributed by atoms with van der Waals surface area (Å²) in [5.74, 6) is 1.91. The highest BCUT2D eigenvalue weighted by Crippen LogP contribution is 2.44. The molecule has 176 valence electrons. The number of benzene rings is 1. The van der Waals surface area contributed by atoms with Crippen LogP contribution in [0.25, 0.3) is 20.4 Å². The van der Waals surface area contributed by atoms with E-state index in [0.717, 1.165) is 65.8 Å². The van der Waals surface area contributed by atoms with Crippen LogP contribution in [0.4, 0.5) is 11.6 Å². The smallest absolute Gasteiger partial charge is 0.147 e. The molecule has 0 aliphatic carbocycles. The minimum atomic E-state index is -0.181. The van der Waals surface area contributed by atoms with Crippen LogP contribution in [0.5, 0.6) is 0 Å². The van der Waals surface area contributed by atoms with E-state index >= 15 is 0 Å². The number of thiophene rings is 1. The van der Waals surface area contributed by atoms with E-state index in [4.69, 9.17) is 19.4 Å². The van der Waals surface area contributed by atoms with Crippen LogP contribution in [0.3, 0.4) is 0 Å². The molecule has 0 bridgehead atoms. The summed E-state index contributed by atoms with van der Waals surface area (Å²) in [7, 11) is 0. The number of hydrogen-bond acceptors (Lipinski definition) is 8. The number of nitrogens with zero attached hydrogens (tertiary/aromatic N) is 4. The summed E-state index contributed by atoms with van der Waals surface area (Å²) in [6.07, 6.45) is 3.49. The van der Waals surface area contributed by atoms with Crippen LogP contribution in [0.2, 0.25) is 0 Å². The Balaban J connectivity index is 1.50. The molecule has 0 amide bonds. The molecule has 7 nitrogen and oxygen atoms in total. The Labute approximate surface area is 203 Å². The molecule has 0 unspecified atom stereocenters. The van der Waals surface area contributed by atoms with Crippen molar-refractivity contribution < 1.29 is 9.47 Å². The van der Waals surface area contributed by atoms with E-state index in [1.165, 1.54) is 22.1 Å². The zero-order valence-corrected chi connectivity index (χ0v) is 20.5. The zero-order valence-electron chi connectivity index (χ0n) is 19.6. The van der Waals surface area contributed by atoms with E-state index in [1.807, 2.05) is 6.07 Å². The molecule has 0 spiro atoms. The Morgan fingerprint density at radius 3 is 2.74 bits per heavy atom. The number of aromatic nitrogens is 3. The maximum atomic E-state index is 6.38. The van der Waals surface area contributed by atoms with Gasteiger partial charge >= 0.3 is 0 Å². The molecule has 1 atom stereocenters. The molecular weight excluding hydrogens is 446 g/mol. The highest BCUT2D eigenvalue weighted by atomic mass is 32.1. The quantitative estimate of drug-likeness (QED) is 0.439. The lowest BCUT2D eigenvalue weighted by atomic mass is 9.87. The lowest BCUT2D eigenvalue weighted by Gasteiger charge is -2.37. The van der Waals surface area contributed by atoms with Gasteiger partial charge in [-0.25, -0.2) is 15.0 Å². The molecule has 3 aromatic heterocycles. The van der Waals surface area contributed by atoms with Crippen molar-refractivity contribution in [3.05, 3.63) is 53.3 Å². The summed E-state index contributed by atoms with van der Waals surface area (Å²) in [6, 6.07) is 10.4. The number of ether oxygens (including phenoxy) is 2. The second-order valence-corrected chi connectivity index (χ2v) is 10.3. The minimum absolute atomic E-state index is 0.181. The molecule has 34 heavy (non-hydrogen) atoms. The average molecular weight is 476 g/mol. The molecule has 5 heterocycles. The maximum Gasteiger partial charge on any atom is 0.147 e. The third-order valence-electron chi connectivity index (χ3n) is 7.07. The molecule has 0 radical (unpaired) electrons. The topological polar surface area (TPSA) is 72.4 Å². The SMILES string of the molecule is CC[C@@]1(C)Cc2c(c(N3CCOCC3)nc3sc4c(NCc5ccccc5)ncnc4c23)CO1. The molecule has 2 aliphatic heterocycles. The van der Waals surface area contributed by atoms with Gasteiger partial charge in [0.25, 0.3) is 0 Å². The highest BCUT2D eigenvalue weighted by molar-refractivity contribution is 7.26. The number of nitrogens with one attached hydrogen (secondary N) is 1. The third-order valence-corrected chi connectivity index (χ3v) is 8.15. The van der Waals surface area contributed by atoms with Crippen LogP contribution in [0.1, 0.15) is 37.0 Å². The Morgan fingerprint density at radius 1 is 1.12 bits per heavy atom. The predicted molar refractivity (Wildman–Crippen MR) is 137 cm³/mol. The molecule has 2 aliphatic rings. The number of hydrogen-bond donors (Lipinski definition) is 1. The van der Waals surface area contributed by atoms with Gasteiger partial charge in [0.15, 0.2) is 0 Å². The first-order valence-electron chi connectivity index (χ1n) is 12.0. The van der Waals surface area contributed by atoms with Crippen molar-refractivity contribution in [3.8, 4) is 0 Å². The van der Waals surface area contributed by atoms with Gasteiger partial charge < -0.3 is 19.7 Å². The highest BCUT2D eigenvalue weighted by Gasteiger charge is 2.35. The normalized spacial score (nSPS) is 20.6. The van der Waals surface area contributed by atoms with Crippen LogP contribution >= 0.6 is 11.3 Å². The van der Waals surface area contributed by atoms with Crippen LogP contribution in [0, 0.1) is 0 Å². The summed E-state index contributed by atoms with van der Waals surface area (Å²) in [6.45, 7) is 8.87. The summed E-state index contributed by atoms with van der Waals surface area (Å²) < 4.78 is 13.0. The first kappa shape index (κ1) is 21.7. The van der Waals surface area contributed by atoms with Crippen molar-refractivity contribution in [2.45, 2.75) is 45.4 Å². The molecule has 8 heteroatoms. The lowest BCUT2D eigenvalue weighted by Crippen LogP contribution is -2.40. The Kier molecular flexibility index (Phi) is 5.59. The van der Waals surface area contributed by atoms with Crippen molar-refractivity contribution in [2.24, 2.45) is 0 Å². The second-order valence-electron chi connectivity index (χ2n) is 9.28. The average Bonchev–Trinajstić information content (AvgIpc) is 3.27. The van der Waals surface area contributed by atoms with Crippen LogP contribution in [-0.4, -0.2) is 46.9 Å². The first-order chi connectivity index (χ1) is 16.6. The third kappa shape index (κ3) is 3.79. The van der Waals surface area contributed by atoms with Gasteiger partial charge in [0, 0.05) is 37.0 Å². The Morgan fingerprint density at radius 2 is 1.94 bits per heavy atom. The van der Waals surface area contributed by atoms with Crippen molar-refractivity contribution in [2.75, 3.05) is 36.5 Å². The Bertz CT molecular complexity index is 1340. The van der Waals surface area contributed by atoms with Crippen molar-refractivity contribution in [1.29, 1.82) is 0 Å². The standard InChI is InChI=1S/C26H29N5O2S/c1-3-26(2)13-18-19(15-33-26)24(31-9-11-32-12-10-31)30-25-20(18)21-22(34-25)23(29-16-28-21)27-14-17-7-5-4-6-8-17/h4-8,16H,3,9-15H2,1-2H3,(H,27,28,29)/t26-/m0/s1. The van der Waals surface area contributed by atoms with Gasteiger partial charge in [-0.2, -0.15) is 0 Å². The lowest BCUT2D eigenvalue weighted by molar-refractivity contribution is -0.0558. The molecular formula is C26H29N5O2S. The van der Waals surface area contributed by atoms with E-state index in [1.54, 1.807) is 17.7 Å². The van der Waals surface area contributed by atoms with Gasteiger partial charge in [-0.05, 0) is 24.5 Å². The summed E-state index contributed by atoms with van der Waals surface area (Å²) in [5.41, 5.74) is 4.57. The number of fused-ring (bicyclic) bond motifs is 5. The minimum Gasteiger partial charge on any atom is -0.378 e. The van der Waals surface area contributed by atoms with Gasteiger partial charge in [-0.15, -0.1) is 11.3 Å². The fraction of sp³-hybridized carbons (Fsp3) is 0.423. The van der Waals surface area contributed by atoms with E-state index in [2.05, 4.69) is 53.3 Å². The van der Waals surface area contributed by atoms with E-state index in [0.29, 0.717) is 13.2 Å². The van der Waals surface area contributed by atoms with Gasteiger partial charge in [-0.1, -0.05) is 37.3 Å². The largest absolute Gasteiger partial charge is 0.378 e.